The van der Waals surface area contributed by atoms with Crippen LogP contribution in [0.3, 0.4) is 0 Å². The maximum Gasteiger partial charge on any atom is 0.339 e. The molecule has 1 aromatic rings. The molecule has 5 heteroatoms. The summed E-state index contributed by atoms with van der Waals surface area (Å²) in [4.78, 5) is 25.7. The minimum atomic E-state index is -1.04. The standard InChI is InChI=1S/C16H21NO4/c1-2-13-11(16(19)20)9-14(21-13)15(18)17-8-4-7-12(17)10-5-3-6-10/h9-10,12H,2-8H2,1H3,(H,19,20)/t12-/m1/s1. The molecule has 1 N–H and O–H groups in total. The monoisotopic (exact) mass is 291 g/mol. The first-order valence-corrected chi connectivity index (χ1v) is 7.78. The van der Waals surface area contributed by atoms with Crippen LogP contribution in [-0.2, 0) is 6.42 Å². The molecular formula is C16H21NO4. The zero-order valence-corrected chi connectivity index (χ0v) is 12.3. The Hall–Kier alpha value is -1.78. The molecule has 0 bridgehead atoms. The van der Waals surface area contributed by atoms with Gasteiger partial charge in [0.2, 0.25) is 0 Å². The van der Waals surface area contributed by atoms with Gasteiger partial charge in [-0.3, -0.25) is 4.79 Å². The highest BCUT2D eigenvalue weighted by Gasteiger charge is 2.38. The van der Waals surface area contributed by atoms with E-state index in [1.165, 1.54) is 25.3 Å². The lowest BCUT2D eigenvalue weighted by Crippen LogP contribution is -2.42. The number of carbonyl (C=O) groups is 2. The Labute approximate surface area is 123 Å². The lowest BCUT2D eigenvalue weighted by Gasteiger charge is -2.36. The van der Waals surface area contributed by atoms with E-state index in [4.69, 9.17) is 9.52 Å². The van der Waals surface area contributed by atoms with Crippen LogP contribution in [0.4, 0.5) is 0 Å². The van der Waals surface area contributed by atoms with Crippen molar-refractivity contribution >= 4 is 11.9 Å². The molecular weight excluding hydrogens is 270 g/mol. The molecule has 0 unspecified atom stereocenters. The third-order valence-electron chi connectivity index (χ3n) is 4.83. The van der Waals surface area contributed by atoms with Gasteiger partial charge in [0, 0.05) is 25.1 Å². The van der Waals surface area contributed by atoms with Crippen molar-refractivity contribution in [2.45, 2.75) is 51.5 Å². The summed E-state index contributed by atoms with van der Waals surface area (Å²) in [7, 11) is 0. The molecule has 3 rings (SSSR count). The van der Waals surface area contributed by atoms with Gasteiger partial charge < -0.3 is 14.4 Å². The first-order chi connectivity index (χ1) is 10.1. The molecule has 0 aromatic carbocycles. The van der Waals surface area contributed by atoms with E-state index in [0.717, 1.165) is 19.4 Å². The summed E-state index contributed by atoms with van der Waals surface area (Å²) in [6.07, 6.45) is 6.22. The number of hydrogen-bond donors (Lipinski definition) is 1. The molecule has 1 saturated carbocycles. The normalized spacial score (nSPS) is 22.3. The van der Waals surface area contributed by atoms with E-state index in [2.05, 4.69) is 0 Å². The summed E-state index contributed by atoms with van der Waals surface area (Å²) in [5, 5.41) is 9.16. The summed E-state index contributed by atoms with van der Waals surface area (Å²) in [6, 6.07) is 1.70. The maximum absolute atomic E-state index is 12.6. The molecule has 1 aliphatic heterocycles. The number of aryl methyl sites for hydroxylation is 1. The van der Waals surface area contributed by atoms with E-state index < -0.39 is 5.97 Å². The van der Waals surface area contributed by atoms with E-state index in [-0.39, 0.29) is 17.2 Å². The molecule has 1 saturated heterocycles. The Kier molecular flexibility index (Phi) is 3.74. The number of carbonyl (C=O) groups excluding carboxylic acids is 1. The van der Waals surface area contributed by atoms with Crippen LogP contribution in [0.5, 0.6) is 0 Å². The topological polar surface area (TPSA) is 70.8 Å². The first kappa shape index (κ1) is 14.2. The van der Waals surface area contributed by atoms with E-state index in [1.54, 1.807) is 0 Å². The highest BCUT2D eigenvalue weighted by atomic mass is 16.4. The van der Waals surface area contributed by atoms with Crippen molar-refractivity contribution in [1.82, 2.24) is 4.90 Å². The van der Waals surface area contributed by atoms with Crippen LogP contribution in [0.15, 0.2) is 10.5 Å². The van der Waals surface area contributed by atoms with Gasteiger partial charge >= 0.3 is 5.97 Å². The van der Waals surface area contributed by atoms with Gasteiger partial charge in [0.05, 0.1) is 0 Å². The summed E-state index contributed by atoms with van der Waals surface area (Å²) >= 11 is 0. The zero-order valence-electron chi connectivity index (χ0n) is 12.3. The Bertz CT molecular complexity index is 559. The van der Waals surface area contributed by atoms with Crippen molar-refractivity contribution in [3.8, 4) is 0 Å². The van der Waals surface area contributed by atoms with Crippen LogP contribution in [0.25, 0.3) is 0 Å². The summed E-state index contributed by atoms with van der Waals surface area (Å²) in [6.45, 7) is 2.58. The van der Waals surface area contributed by atoms with Gasteiger partial charge in [-0.1, -0.05) is 13.3 Å². The molecule has 1 aromatic heterocycles. The lowest BCUT2D eigenvalue weighted by atomic mass is 9.79. The number of aromatic carboxylic acids is 1. The second kappa shape index (κ2) is 5.54. The van der Waals surface area contributed by atoms with Crippen molar-refractivity contribution in [2.75, 3.05) is 6.54 Å². The smallest absolute Gasteiger partial charge is 0.339 e. The molecule has 2 heterocycles. The van der Waals surface area contributed by atoms with Crippen molar-refractivity contribution in [3.05, 3.63) is 23.2 Å². The number of amides is 1. The molecule has 0 radical (unpaired) electrons. The first-order valence-electron chi connectivity index (χ1n) is 7.78. The van der Waals surface area contributed by atoms with Gasteiger partial charge in [-0.15, -0.1) is 0 Å². The molecule has 5 nitrogen and oxygen atoms in total. The number of carboxylic acid groups (broad SMARTS) is 1. The number of hydrogen-bond acceptors (Lipinski definition) is 3. The Morgan fingerprint density at radius 2 is 2.10 bits per heavy atom. The van der Waals surface area contributed by atoms with Crippen molar-refractivity contribution in [2.24, 2.45) is 5.92 Å². The summed E-state index contributed by atoms with van der Waals surface area (Å²) in [5.41, 5.74) is 0.111. The number of furan rings is 1. The Morgan fingerprint density at radius 1 is 1.33 bits per heavy atom. The predicted molar refractivity (Wildman–Crippen MR) is 76.4 cm³/mol. The lowest BCUT2D eigenvalue weighted by molar-refractivity contribution is 0.0592. The average Bonchev–Trinajstić information content (AvgIpc) is 3.02. The Morgan fingerprint density at radius 3 is 2.62 bits per heavy atom. The minimum Gasteiger partial charge on any atom is -0.478 e. The molecule has 1 aliphatic carbocycles. The average molecular weight is 291 g/mol. The number of likely N-dealkylation sites (tertiary alicyclic amines) is 1. The third-order valence-corrected chi connectivity index (χ3v) is 4.83. The Balaban J connectivity index is 1.82. The van der Waals surface area contributed by atoms with Crippen LogP contribution in [-0.4, -0.2) is 34.5 Å². The van der Waals surface area contributed by atoms with Crippen molar-refractivity contribution in [1.29, 1.82) is 0 Å². The minimum absolute atomic E-state index is 0.111. The molecule has 21 heavy (non-hydrogen) atoms. The van der Waals surface area contributed by atoms with Gasteiger partial charge in [0.1, 0.15) is 11.3 Å². The number of carboxylic acids is 1. The summed E-state index contributed by atoms with van der Waals surface area (Å²) in [5.74, 6) is -0.00469. The van der Waals surface area contributed by atoms with E-state index in [1.807, 2.05) is 11.8 Å². The summed E-state index contributed by atoms with van der Waals surface area (Å²) < 4.78 is 5.51. The van der Waals surface area contributed by atoms with E-state index in [9.17, 15) is 9.59 Å². The van der Waals surface area contributed by atoms with Gasteiger partial charge in [-0.2, -0.15) is 0 Å². The quantitative estimate of drug-likeness (QED) is 0.925. The fourth-order valence-corrected chi connectivity index (χ4v) is 3.48. The van der Waals surface area contributed by atoms with Gasteiger partial charge in [-0.25, -0.2) is 4.79 Å². The SMILES string of the molecule is CCc1oc(C(=O)N2CCC[C@@H]2C2CCC2)cc1C(=O)O. The van der Waals surface area contributed by atoms with Gasteiger partial charge in [-0.05, 0) is 31.6 Å². The highest BCUT2D eigenvalue weighted by Crippen LogP contribution is 2.37. The van der Waals surface area contributed by atoms with Crippen LogP contribution in [0.2, 0.25) is 0 Å². The molecule has 2 aliphatic rings. The molecule has 114 valence electrons. The molecule has 1 amide bonds. The number of rotatable bonds is 4. The second-order valence-electron chi connectivity index (χ2n) is 6.01. The van der Waals surface area contributed by atoms with Crippen LogP contribution in [0.1, 0.15) is 65.7 Å². The van der Waals surface area contributed by atoms with Gasteiger partial charge in [0.15, 0.2) is 5.76 Å². The van der Waals surface area contributed by atoms with Crippen LogP contribution < -0.4 is 0 Å². The van der Waals surface area contributed by atoms with Gasteiger partial charge in [0.25, 0.3) is 5.91 Å². The zero-order chi connectivity index (χ0) is 15.0. The molecule has 0 spiro atoms. The highest BCUT2D eigenvalue weighted by molar-refractivity contribution is 5.96. The number of nitrogens with zero attached hydrogens (tertiary/aromatic N) is 1. The van der Waals surface area contributed by atoms with Crippen LogP contribution in [0, 0.1) is 5.92 Å². The fraction of sp³-hybridized carbons (Fsp3) is 0.625. The van der Waals surface area contributed by atoms with Crippen LogP contribution >= 0.6 is 0 Å². The third kappa shape index (κ3) is 2.45. The molecule has 1 atom stereocenters. The van der Waals surface area contributed by atoms with E-state index >= 15 is 0 Å². The maximum atomic E-state index is 12.6. The van der Waals surface area contributed by atoms with Crippen molar-refractivity contribution in [3.63, 3.8) is 0 Å². The fourth-order valence-electron chi connectivity index (χ4n) is 3.48. The predicted octanol–water partition coefficient (Wildman–Crippen LogP) is 2.94. The van der Waals surface area contributed by atoms with Crippen molar-refractivity contribution < 1.29 is 19.1 Å². The molecule has 2 fully saturated rings. The largest absolute Gasteiger partial charge is 0.478 e. The van der Waals surface area contributed by atoms with E-state index in [0.29, 0.717) is 24.1 Å². The second-order valence-corrected chi connectivity index (χ2v) is 6.01.